The van der Waals surface area contributed by atoms with Gasteiger partial charge in [-0.1, -0.05) is 18.2 Å². The van der Waals surface area contributed by atoms with Crippen LogP contribution in [0.25, 0.3) is 0 Å². The summed E-state index contributed by atoms with van der Waals surface area (Å²) in [5, 5.41) is 24.0. The molecule has 1 aliphatic heterocycles. The first-order valence-corrected chi connectivity index (χ1v) is 7.15. The molecule has 1 heterocycles. The summed E-state index contributed by atoms with van der Waals surface area (Å²) in [6.45, 7) is 1.07. The van der Waals surface area contributed by atoms with Gasteiger partial charge < -0.3 is 19.9 Å². The topological polar surface area (TPSA) is 93.9 Å². The van der Waals surface area contributed by atoms with Crippen LogP contribution < -0.4 is 14.8 Å². The van der Waals surface area contributed by atoms with Gasteiger partial charge in [0.05, 0.1) is 11.0 Å². The molecule has 7 heteroatoms. The molecule has 1 atom stereocenters. The fraction of sp³-hybridized carbons (Fsp3) is 0.250. The minimum atomic E-state index is -0.816. The van der Waals surface area contributed by atoms with E-state index in [9.17, 15) is 15.2 Å². The third-order valence-electron chi connectivity index (χ3n) is 3.57. The fourth-order valence-electron chi connectivity index (χ4n) is 2.37. The Labute approximate surface area is 132 Å². The van der Waals surface area contributed by atoms with Crippen molar-refractivity contribution in [1.29, 1.82) is 0 Å². The third-order valence-corrected chi connectivity index (χ3v) is 3.57. The van der Waals surface area contributed by atoms with E-state index < -0.39 is 11.0 Å². The number of hydrogen-bond donors (Lipinski definition) is 2. The molecule has 0 aromatic heterocycles. The van der Waals surface area contributed by atoms with Gasteiger partial charge in [-0.3, -0.25) is 10.1 Å². The number of non-ortho nitro benzene ring substituents is 1. The summed E-state index contributed by atoms with van der Waals surface area (Å²) >= 11 is 0. The zero-order chi connectivity index (χ0) is 16.2. The molecule has 0 fully saturated rings. The van der Waals surface area contributed by atoms with Crippen LogP contribution in [0.2, 0.25) is 0 Å². The number of hydrogen-bond acceptors (Lipinski definition) is 6. The third kappa shape index (κ3) is 3.58. The highest BCUT2D eigenvalue weighted by molar-refractivity contribution is 5.44. The summed E-state index contributed by atoms with van der Waals surface area (Å²) in [5.41, 5.74) is 1.48. The molecule has 0 spiro atoms. The van der Waals surface area contributed by atoms with E-state index in [-0.39, 0.29) is 19.0 Å². The molecule has 0 unspecified atom stereocenters. The molecule has 7 nitrogen and oxygen atoms in total. The molecule has 3 rings (SSSR count). The first-order chi connectivity index (χ1) is 11.1. The summed E-state index contributed by atoms with van der Waals surface area (Å²) in [6, 6.07) is 11.7. The minimum Gasteiger partial charge on any atom is -0.454 e. The monoisotopic (exact) mass is 316 g/mol. The highest BCUT2D eigenvalue weighted by atomic mass is 16.7. The summed E-state index contributed by atoms with van der Waals surface area (Å²) in [4.78, 5) is 10.3. The maximum Gasteiger partial charge on any atom is 0.269 e. The number of fused-ring (bicyclic) bond motifs is 1. The van der Waals surface area contributed by atoms with Crippen LogP contribution in [0.5, 0.6) is 11.5 Å². The van der Waals surface area contributed by atoms with Crippen LogP contribution >= 0.6 is 0 Å². The van der Waals surface area contributed by atoms with Crippen molar-refractivity contribution in [2.24, 2.45) is 0 Å². The first-order valence-electron chi connectivity index (χ1n) is 7.15. The van der Waals surface area contributed by atoms with E-state index >= 15 is 0 Å². The Morgan fingerprint density at radius 2 is 2.04 bits per heavy atom. The zero-order valence-electron chi connectivity index (χ0n) is 12.3. The Hall–Kier alpha value is -2.64. The van der Waals surface area contributed by atoms with Crippen LogP contribution in [0, 0.1) is 10.1 Å². The lowest BCUT2D eigenvalue weighted by molar-refractivity contribution is -0.385. The molecule has 0 amide bonds. The maximum absolute atomic E-state index is 10.8. The lowest BCUT2D eigenvalue weighted by Crippen LogP contribution is -2.21. The number of rotatable bonds is 6. The highest BCUT2D eigenvalue weighted by Crippen LogP contribution is 2.32. The lowest BCUT2D eigenvalue weighted by atomic mass is 10.1. The molecule has 2 aromatic rings. The summed E-state index contributed by atoms with van der Waals surface area (Å²) in [5.74, 6) is 1.44. The van der Waals surface area contributed by atoms with Crippen molar-refractivity contribution in [3.8, 4) is 11.5 Å². The van der Waals surface area contributed by atoms with E-state index in [1.165, 1.54) is 12.1 Å². The van der Waals surface area contributed by atoms with Crippen LogP contribution in [-0.2, 0) is 6.54 Å². The molecule has 0 aliphatic carbocycles. The quantitative estimate of drug-likeness (QED) is 0.626. The zero-order valence-corrected chi connectivity index (χ0v) is 12.3. The van der Waals surface area contributed by atoms with Crippen LogP contribution in [0.4, 0.5) is 5.69 Å². The van der Waals surface area contributed by atoms with Crippen molar-refractivity contribution in [1.82, 2.24) is 5.32 Å². The van der Waals surface area contributed by atoms with Crippen molar-refractivity contribution in [3.05, 3.63) is 63.7 Å². The van der Waals surface area contributed by atoms with Gasteiger partial charge in [0.25, 0.3) is 5.69 Å². The maximum atomic E-state index is 10.8. The van der Waals surface area contributed by atoms with Crippen molar-refractivity contribution in [2.75, 3.05) is 13.3 Å². The van der Waals surface area contributed by atoms with E-state index in [0.29, 0.717) is 17.9 Å². The molecule has 0 radical (unpaired) electrons. The molecule has 0 bridgehead atoms. The number of nitrogens with one attached hydrogen (secondary N) is 1. The summed E-state index contributed by atoms with van der Waals surface area (Å²) in [7, 11) is 0. The van der Waals surface area contributed by atoms with Crippen molar-refractivity contribution in [3.63, 3.8) is 0 Å². The molecule has 2 aromatic carbocycles. The number of nitrogens with zero attached hydrogens (tertiary/aromatic N) is 1. The average molecular weight is 316 g/mol. The molecule has 2 N–H and O–H groups in total. The number of aliphatic hydroxyl groups is 1. The predicted octanol–water partition coefficient (Wildman–Crippen LogP) is 2.15. The second-order valence-corrected chi connectivity index (χ2v) is 5.19. The highest BCUT2D eigenvalue weighted by Gasteiger charge is 2.14. The second kappa shape index (κ2) is 6.64. The Morgan fingerprint density at radius 1 is 1.22 bits per heavy atom. The van der Waals surface area contributed by atoms with Crippen LogP contribution in [0.1, 0.15) is 17.2 Å². The summed E-state index contributed by atoms with van der Waals surface area (Å²) < 4.78 is 10.6. The van der Waals surface area contributed by atoms with Crippen LogP contribution in [-0.4, -0.2) is 23.4 Å². The Balaban J connectivity index is 1.56. The number of ether oxygens (including phenoxy) is 2. The van der Waals surface area contributed by atoms with Gasteiger partial charge in [-0.15, -0.1) is 0 Å². The van der Waals surface area contributed by atoms with Crippen LogP contribution in [0.3, 0.4) is 0 Å². The standard InChI is InChI=1S/C16H16N2O5/c19-14(12-2-1-3-13(7-12)18(20)21)9-17-8-11-4-5-15-16(6-11)23-10-22-15/h1-7,14,17,19H,8-10H2/t14-/m0/s1. The number of nitro groups is 1. The van der Waals surface area contributed by atoms with E-state index in [1.54, 1.807) is 12.1 Å². The smallest absolute Gasteiger partial charge is 0.269 e. The largest absolute Gasteiger partial charge is 0.454 e. The van der Waals surface area contributed by atoms with Crippen molar-refractivity contribution in [2.45, 2.75) is 12.6 Å². The van der Waals surface area contributed by atoms with Gasteiger partial charge in [0.2, 0.25) is 6.79 Å². The second-order valence-electron chi connectivity index (χ2n) is 5.19. The van der Waals surface area contributed by atoms with Gasteiger partial charge in [0, 0.05) is 25.2 Å². The van der Waals surface area contributed by atoms with E-state index in [2.05, 4.69) is 5.32 Å². The lowest BCUT2D eigenvalue weighted by Gasteiger charge is -2.12. The predicted molar refractivity (Wildman–Crippen MR) is 82.3 cm³/mol. The first kappa shape index (κ1) is 15.3. The Bertz CT molecular complexity index is 719. The van der Waals surface area contributed by atoms with E-state index in [1.807, 2.05) is 18.2 Å². The van der Waals surface area contributed by atoms with Crippen molar-refractivity contribution >= 4 is 5.69 Å². The van der Waals surface area contributed by atoms with Gasteiger partial charge in [-0.05, 0) is 23.3 Å². The van der Waals surface area contributed by atoms with Gasteiger partial charge in [-0.2, -0.15) is 0 Å². The van der Waals surface area contributed by atoms with E-state index in [4.69, 9.17) is 9.47 Å². The molecule has 23 heavy (non-hydrogen) atoms. The normalized spacial score (nSPS) is 13.8. The molecule has 0 saturated carbocycles. The molecular formula is C16H16N2O5. The summed E-state index contributed by atoms with van der Waals surface area (Å²) in [6.07, 6.45) is -0.816. The SMILES string of the molecule is O=[N+]([O-])c1cccc([C@@H](O)CNCc2ccc3c(c2)OCO3)c1. The molecular weight excluding hydrogens is 300 g/mol. The van der Waals surface area contributed by atoms with Gasteiger partial charge in [0.15, 0.2) is 11.5 Å². The molecule has 1 aliphatic rings. The van der Waals surface area contributed by atoms with Crippen LogP contribution in [0.15, 0.2) is 42.5 Å². The number of aliphatic hydroxyl groups excluding tert-OH is 1. The number of nitro benzene ring substituents is 1. The fourth-order valence-corrected chi connectivity index (χ4v) is 2.37. The van der Waals surface area contributed by atoms with Gasteiger partial charge in [-0.25, -0.2) is 0 Å². The Morgan fingerprint density at radius 3 is 2.87 bits per heavy atom. The minimum absolute atomic E-state index is 0.0303. The average Bonchev–Trinajstić information content (AvgIpc) is 3.02. The molecule has 120 valence electrons. The van der Waals surface area contributed by atoms with Gasteiger partial charge >= 0.3 is 0 Å². The van der Waals surface area contributed by atoms with Crippen molar-refractivity contribution < 1.29 is 19.5 Å². The molecule has 0 saturated heterocycles. The number of benzene rings is 2. The van der Waals surface area contributed by atoms with Gasteiger partial charge in [0.1, 0.15) is 0 Å². The van der Waals surface area contributed by atoms with E-state index in [0.717, 1.165) is 11.3 Å². The Kier molecular flexibility index (Phi) is 4.40.